The minimum Gasteiger partial charge on any atom is -0.371 e. The largest absolute Gasteiger partial charge is 0.371 e. The Hall–Kier alpha value is -0.540. The molecule has 0 aromatic heterocycles. The highest BCUT2D eigenvalue weighted by Gasteiger charge is 2.13. The molecule has 1 aromatic rings. The molecule has 1 rings (SSSR count). The van der Waals surface area contributed by atoms with E-state index in [0.717, 1.165) is 29.4 Å². The summed E-state index contributed by atoms with van der Waals surface area (Å²) in [7, 11) is 0. The van der Waals surface area contributed by atoms with Crippen molar-refractivity contribution in [3.05, 3.63) is 28.2 Å². The number of nitrogens with two attached hydrogens (primary N) is 1. The maximum absolute atomic E-state index is 5.97. The van der Waals surface area contributed by atoms with Crippen LogP contribution in [0.4, 0.5) is 5.69 Å². The summed E-state index contributed by atoms with van der Waals surface area (Å²) in [6.07, 6.45) is 2.44. The molecule has 0 fully saturated rings. The van der Waals surface area contributed by atoms with Crippen LogP contribution in [0.15, 0.2) is 22.7 Å². The molecule has 1 atom stereocenters. The monoisotopic (exact) mass is 354 g/mol. The molecule has 0 unspecified atom stereocenters. The second-order valence-electron chi connectivity index (χ2n) is 6.85. The fourth-order valence-electron chi connectivity index (χ4n) is 2.24. The summed E-state index contributed by atoms with van der Waals surface area (Å²) >= 11 is 3.73. The zero-order chi connectivity index (χ0) is 16.0. The highest BCUT2D eigenvalue weighted by atomic mass is 79.9. The lowest BCUT2D eigenvalue weighted by atomic mass is 10.1. The summed E-state index contributed by atoms with van der Waals surface area (Å²) in [4.78, 5) is 2.51. The lowest BCUT2D eigenvalue weighted by molar-refractivity contribution is 0.535. The van der Waals surface area contributed by atoms with E-state index in [4.69, 9.17) is 5.73 Å². The lowest BCUT2D eigenvalue weighted by Crippen LogP contribution is -2.28. The SMILES string of the molecule is CC(C)CCN(CCC(C)C)c1ccc([C@@H](C)N)cc1Br. The molecule has 120 valence electrons. The summed E-state index contributed by atoms with van der Waals surface area (Å²) in [5.74, 6) is 1.46. The van der Waals surface area contributed by atoms with Crippen molar-refractivity contribution >= 4 is 21.6 Å². The Labute approximate surface area is 139 Å². The van der Waals surface area contributed by atoms with Crippen LogP contribution in [0, 0.1) is 11.8 Å². The number of nitrogens with zero attached hydrogens (tertiary/aromatic N) is 1. The maximum Gasteiger partial charge on any atom is 0.0510 e. The minimum absolute atomic E-state index is 0.0788. The number of rotatable bonds is 8. The second-order valence-corrected chi connectivity index (χ2v) is 7.71. The van der Waals surface area contributed by atoms with Gasteiger partial charge in [-0.2, -0.15) is 0 Å². The van der Waals surface area contributed by atoms with Crippen LogP contribution < -0.4 is 10.6 Å². The van der Waals surface area contributed by atoms with Gasteiger partial charge in [-0.25, -0.2) is 0 Å². The van der Waals surface area contributed by atoms with Crippen molar-refractivity contribution in [1.29, 1.82) is 0 Å². The van der Waals surface area contributed by atoms with Crippen molar-refractivity contribution in [3.8, 4) is 0 Å². The predicted molar refractivity (Wildman–Crippen MR) is 97.9 cm³/mol. The van der Waals surface area contributed by atoms with Gasteiger partial charge in [-0.1, -0.05) is 33.8 Å². The molecular formula is C18H31BrN2. The number of benzene rings is 1. The smallest absolute Gasteiger partial charge is 0.0510 e. The van der Waals surface area contributed by atoms with E-state index in [1.165, 1.54) is 24.1 Å². The van der Waals surface area contributed by atoms with Gasteiger partial charge in [0.2, 0.25) is 0 Å². The summed E-state index contributed by atoms with van der Waals surface area (Å²) in [5.41, 5.74) is 8.44. The van der Waals surface area contributed by atoms with Gasteiger partial charge in [0.25, 0.3) is 0 Å². The molecule has 2 N–H and O–H groups in total. The standard InChI is InChI=1S/C18H31BrN2/c1-13(2)8-10-21(11-9-14(3)4)18-7-6-16(15(5)20)12-17(18)19/h6-7,12-15H,8-11,20H2,1-5H3/t15-/m1/s1. The first-order chi connectivity index (χ1) is 9.81. The Kier molecular flexibility index (Phi) is 7.75. The molecule has 0 amide bonds. The Morgan fingerprint density at radius 3 is 1.90 bits per heavy atom. The Morgan fingerprint density at radius 1 is 1.00 bits per heavy atom. The molecule has 0 radical (unpaired) electrons. The van der Waals surface area contributed by atoms with Crippen molar-refractivity contribution in [3.63, 3.8) is 0 Å². The summed E-state index contributed by atoms with van der Waals surface area (Å²) in [5, 5.41) is 0. The fraction of sp³-hybridized carbons (Fsp3) is 0.667. The molecule has 0 spiro atoms. The van der Waals surface area contributed by atoms with Crippen molar-refractivity contribution in [1.82, 2.24) is 0 Å². The first kappa shape index (κ1) is 18.5. The Morgan fingerprint density at radius 2 is 1.52 bits per heavy atom. The molecule has 1 aromatic carbocycles. The van der Waals surface area contributed by atoms with Crippen LogP contribution >= 0.6 is 15.9 Å². The average Bonchev–Trinajstić information content (AvgIpc) is 2.38. The summed E-state index contributed by atoms with van der Waals surface area (Å²) in [6, 6.07) is 6.61. The Balaban J connectivity index is 2.90. The molecule has 0 aliphatic rings. The van der Waals surface area contributed by atoms with Gasteiger partial charge in [-0.05, 0) is 65.2 Å². The van der Waals surface area contributed by atoms with Crippen LogP contribution in [-0.4, -0.2) is 13.1 Å². The van der Waals surface area contributed by atoms with Crippen LogP contribution in [0.1, 0.15) is 59.1 Å². The van der Waals surface area contributed by atoms with E-state index in [1.54, 1.807) is 0 Å². The normalized spacial score (nSPS) is 13.0. The minimum atomic E-state index is 0.0788. The predicted octanol–water partition coefficient (Wildman–Crippen LogP) is 5.37. The summed E-state index contributed by atoms with van der Waals surface area (Å²) in [6.45, 7) is 13.4. The van der Waals surface area contributed by atoms with Crippen molar-refractivity contribution < 1.29 is 0 Å². The molecule has 0 saturated heterocycles. The van der Waals surface area contributed by atoms with Crippen LogP contribution in [0.3, 0.4) is 0 Å². The molecule has 0 aliphatic heterocycles. The van der Waals surface area contributed by atoms with E-state index in [0.29, 0.717) is 0 Å². The highest BCUT2D eigenvalue weighted by molar-refractivity contribution is 9.10. The van der Waals surface area contributed by atoms with Gasteiger partial charge in [-0.15, -0.1) is 0 Å². The number of hydrogen-bond acceptors (Lipinski definition) is 2. The maximum atomic E-state index is 5.97. The first-order valence-electron chi connectivity index (χ1n) is 8.11. The molecule has 21 heavy (non-hydrogen) atoms. The molecule has 0 heterocycles. The third kappa shape index (κ3) is 6.39. The molecule has 2 nitrogen and oxygen atoms in total. The number of hydrogen-bond donors (Lipinski definition) is 1. The van der Waals surface area contributed by atoms with Gasteiger partial charge in [0.15, 0.2) is 0 Å². The molecule has 3 heteroatoms. The van der Waals surface area contributed by atoms with Gasteiger partial charge in [0.1, 0.15) is 0 Å². The van der Waals surface area contributed by atoms with E-state index < -0.39 is 0 Å². The molecular weight excluding hydrogens is 324 g/mol. The van der Waals surface area contributed by atoms with E-state index in [1.807, 2.05) is 6.92 Å². The van der Waals surface area contributed by atoms with Crippen molar-refractivity contribution in [2.24, 2.45) is 17.6 Å². The van der Waals surface area contributed by atoms with Gasteiger partial charge in [-0.3, -0.25) is 0 Å². The first-order valence-corrected chi connectivity index (χ1v) is 8.90. The van der Waals surface area contributed by atoms with Crippen LogP contribution in [0.2, 0.25) is 0 Å². The Bertz CT molecular complexity index is 415. The van der Waals surface area contributed by atoms with Crippen LogP contribution in [0.5, 0.6) is 0 Å². The van der Waals surface area contributed by atoms with Gasteiger partial charge in [0.05, 0.1) is 5.69 Å². The van der Waals surface area contributed by atoms with Gasteiger partial charge >= 0.3 is 0 Å². The van der Waals surface area contributed by atoms with Crippen LogP contribution in [-0.2, 0) is 0 Å². The second kappa shape index (κ2) is 8.79. The fourth-order valence-corrected chi connectivity index (χ4v) is 2.89. The molecule has 0 aliphatic carbocycles. The summed E-state index contributed by atoms with van der Waals surface area (Å²) < 4.78 is 1.16. The van der Waals surface area contributed by atoms with E-state index in [-0.39, 0.29) is 6.04 Å². The molecule has 0 saturated carbocycles. The zero-order valence-corrected chi connectivity index (χ0v) is 15.8. The lowest BCUT2D eigenvalue weighted by Gasteiger charge is -2.28. The van der Waals surface area contributed by atoms with E-state index in [2.05, 4.69) is 66.7 Å². The number of halogens is 1. The third-order valence-electron chi connectivity index (χ3n) is 3.79. The average molecular weight is 355 g/mol. The van der Waals surface area contributed by atoms with Crippen LogP contribution in [0.25, 0.3) is 0 Å². The topological polar surface area (TPSA) is 29.3 Å². The van der Waals surface area contributed by atoms with Crippen molar-refractivity contribution in [2.45, 2.75) is 53.5 Å². The van der Waals surface area contributed by atoms with Gasteiger partial charge in [0, 0.05) is 23.6 Å². The van der Waals surface area contributed by atoms with Gasteiger partial charge < -0.3 is 10.6 Å². The van der Waals surface area contributed by atoms with Crippen molar-refractivity contribution in [2.75, 3.05) is 18.0 Å². The highest BCUT2D eigenvalue weighted by Crippen LogP contribution is 2.30. The zero-order valence-electron chi connectivity index (χ0n) is 14.2. The van der Waals surface area contributed by atoms with E-state index >= 15 is 0 Å². The number of anilines is 1. The van der Waals surface area contributed by atoms with E-state index in [9.17, 15) is 0 Å². The third-order valence-corrected chi connectivity index (χ3v) is 4.43. The quantitative estimate of drug-likeness (QED) is 0.679. The molecule has 0 bridgehead atoms.